The Hall–Kier alpha value is -1.14. The topological polar surface area (TPSA) is 9.23 Å². The molecule has 0 aromatic carbocycles. The second-order valence-electron chi connectivity index (χ2n) is 2.78. The van der Waals surface area contributed by atoms with E-state index in [-0.39, 0.29) is 5.57 Å². The fraction of sp³-hybridized carbons (Fsp3) is 0.500. The van der Waals surface area contributed by atoms with E-state index in [9.17, 15) is 26.3 Å². The summed E-state index contributed by atoms with van der Waals surface area (Å²) in [5, 5.41) is 0. The Bertz CT molecular complexity index is 247. The van der Waals surface area contributed by atoms with Gasteiger partial charge < -0.3 is 4.74 Å². The SMILES string of the molecule is C=C(C)C(=C)OC(C(F)(F)F)C(F)(F)F. The molecule has 0 aliphatic heterocycles. The molecule has 0 saturated heterocycles. The Balaban J connectivity index is 4.85. The van der Waals surface area contributed by atoms with Crippen LogP contribution in [0.1, 0.15) is 6.92 Å². The van der Waals surface area contributed by atoms with Gasteiger partial charge in [0.25, 0.3) is 6.10 Å². The third kappa shape index (κ3) is 4.26. The second kappa shape index (κ2) is 4.16. The van der Waals surface area contributed by atoms with Crippen molar-refractivity contribution < 1.29 is 31.1 Å². The van der Waals surface area contributed by atoms with E-state index < -0.39 is 24.2 Å². The van der Waals surface area contributed by atoms with Gasteiger partial charge >= 0.3 is 12.4 Å². The molecule has 0 bridgehead atoms. The Labute approximate surface area is 82.0 Å². The van der Waals surface area contributed by atoms with Gasteiger partial charge in [0, 0.05) is 0 Å². The molecule has 0 N–H and O–H groups in total. The van der Waals surface area contributed by atoms with Crippen LogP contribution in [0, 0.1) is 0 Å². The van der Waals surface area contributed by atoms with Gasteiger partial charge in [0.1, 0.15) is 5.76 Å². The fourth-order valence-electron chi connectivity index (χ4n) is 0.562. The number of ether oxygens (including phenoxy) is 1. The van der Waals surface area contributed by atoms with Crippen molar-refractivity contribution in [1.29, 1.82) is 0 Å². The summed E-state index contributed by atoms with van der Waals surface area (Å²) in [5.41, 5.74) is -0.103. The predicted octanol–water partition coefficient (Wildman–Crippen LogP) is 3.59. The van der Waals surface area contributed by atoms with Crippen LogP contribution in [0.5, 0.6) is 0 Å². The lowest BCUT2D eigenvalue weighted by molar-refractivity contribution is -0.312. The van der Waals surface area contributed by atoms with Gasteiger partial charge in [-0.05, 0) is 12.5 Å². The summed E-state index contributed by atoms with van der Waals surface area (Å²) in [7, 11) is 0. The Morgan fingerprint density at radius 2 is 1.33 bits per heavy atom. The summed E-state index contributed by atoms with van der Waals surface area (Å²) in [6.45, 7) is 7.20. The molecule has 0 rings (SSSR count). The zero-order chi connectivity index (χ0) is 12.4. The minimum Gasteiger partial charge on any atom is -0.472 e. The zero-order valence-electron chi connectivity index (χ0n) is 7.67. The average Bonchev–Trinajstić information content (AvgIpc) is 1.94. The first-order valence-corrected chi connectivity index (χ1v) is 3.61. The van der Waals surface area contributed by atoms with Crippen LogP contribution in [-0.2, 0) is 4.74 Å². The summed E-state index contributed by atoms with van der Waals surface area (Å²) in [5.74, 6) is -0.741. The summed E-state index contributed by atoms with van der Waals surface area (Å²) in [6.07, 6.45) is -14.9. The second-order valence-corrected chi connectivity index (χ2v) is 2.78. The molecule has 88 valence electrons. The average molecular weight is 234 g/mol. The smallest absolute Gasteiger partial charge is 0.434 e. The molecule has 0 aromatic heterocycles. The van der Waals surface area contributed by atoms with Crippen LogP contribution in [0.25, 0.3) is 0 Å². The highest BCUT2D eigenvalue weighted by molar-refractivity contribution is 5.16. The summed E-state index contributed by atoms with van der Waals surface area (Å²) >= 11 is 0. The van der Waals surface area contributed by atoms with Gasteiger partial charge in [0.05, 0.1) is 0 Å². The largest absolute Gasteiger partial charge is 0.472 e. The maximum Gasteiger partial charge on any atom is 0.434 e. The molecular weight excluding hydrogens is 226 g/mol. The van der Waals surface area contributed by atoms with Crippen LogP contribution < -0.4 is 0 Å². The molecule has 0 aromatic rings. The molecule has 0 atom stereocenters. The van der Waals surface area contributed by atoms with Crippen molar-refractivity contribution in [2.45, 2.75) is 25.4 Å². The van der Waals surface area contributed by atoms with Gasteiger partial charge in [-0.15, -0.1) is 0 Å². The van der Waals surface area contributed by atoms with Gasteiger partial charge in [0.2, 0.25) is 0 Å². The van der Waals surface area contributed by atoms with Crippen molar-refractivity contribution in [2.75, 3.05) is 0 Å². The highest BCUT2D eigenvalue weighted by Crippen LogP contribution is 2.37. The van der Waals surface area contributed by atoms with E-state index in [4.69, 9.17) is 0 Å². The summed E-state index contributed by atoms with van der Waals surface area (Å²) < 4.78 is 75.2. The van der Waals surface area contributed by atoms with Crippen molar-refractivity contribution in [3.63, 3.8) is 0 Å². The third-order valence-electron chi connectivity index (χ3n) is 1.33. The van der Waals surface area contributed by atoms with Gasteiger partial charge in [-0.2, -0.15) is 26.3 Å². The fourth-order valence-corrected chi connectivity index (χ4v) is 0.562. The highest BCUT2D eigenvalue weighted by Gasteiger charge is 2.59. The Kier molecular flexibility index (Phi) is 3.84. The molecule has 0 spiro atoms. The molecule has 0 unspecified atom stereocenters. The molecule has 7 heteroatoms. The van der Waals surface area contributed by atoms with Gasteiger partial charge in [-0.3, -0.25) is 0 Å². The number of rotatable bonds is 3. The molecule has 0 radical (unpaired) electrons. The van der Waals surface area contributed by atoms with E-state index in [1.807, 2.05) is 0 Å². The lowest BCUT2D eigenvalue weighted by Crippen LogP contribution is -2.44. The molecular formula is C8H8F6O. The van der Waals surface area contributed by atoms with E-state index in [0.717, 1.165) is 0 Å². The van der Waals surface area contributed by atoms with Crippen LogP contribution in [0.4, 0.5) is 26.3 Å². The number of hydrogen-bond acceptors (Lipinski definition) is 1. The van der Waals surface area contributed by atoms with E-state index in [1.165, 1.54) is 6.92 Å². The van der Waals surface area contributed by atoms with Crippen LogP contribution in [0.15, 0.2) is 24.5 Å². The maximum atomic E-state index is 11.9. The molecule has 0 saturated carbocycles. The van der Waals surface area contributed by atoms with Crippen molar-refractivity contribution in [3.05, 3.63) is 24.5 Å². The Morgan fingerprint density at radius 3 is 1.53 bits per heavy atom. The normalized spacial score (nSPS) is 12.8. The molecule has 1 nitrogen and oxygen atoms in total. The quantitative estimate of drug-likeness (QED) is 0.412. The number of alkyl halides is 6. The molecule has 0 amide bonds. The lowest BCUT2D eigenvalue weighted by Gasteiger charge is -2.24. The van der Waals surface area contributed by atoms with Gasteiger partial charge in [-0.1, -0.05) is 13.2 Å². The van der Waals surface area contributed by atoms with Crippen LogP contribution >= 0.6 is 0 Å². The standard InChI is InChI=1S/C8H8F6O/c1-4(2)5(3)15-6(7(9,10)11)8(12,13)14/h6H,1,3H2,2H3. The number of allylic oxidation sites excluding steroid dienone is 1. The van der Waals surface area contributed by atoms with Crippen molar-refractivity contribution >= 4 is 0 Å². The minimum atomic E-state index is -5.53. The summed E-state index contributed by atoms with van der Waals surface area (Å²) in [4.78, 5) is 0. The minimum absolute atomic E-state index is 0.103. The van der Waals surface area contributed by atoms with Crippen LogP contribution in [-0.4, -0.2) is 18.5 Å². The van der Waals surface area contributed by atoms with E-state index in [0.29, 0.717) is 0 Å². The van der Waals surface area contributed by atoms with Crippen LogP contribution in [0.2, 0.25) is 0 Å². The molecule has 0 fully saturated rings. The van der Waals surface area contributed by atoms with E-state index >= 15 is 0 Å². The number of halogens is 6. The first-order valence-electron chi connectivity index (χ1n) is 3.61. The predicted molar refractivity (Wildman–Crippen MR) is 40.9 cm³/mol. The molecule has 15 heavy (non-hydrogen) atoms. The molecule has 0 aliphatic carbocycles. The van der Waals surface area contributed by atoms with Crippen molar-refractivity contribution in [3.8, 4) is 0 Å². The first-order chi connectivity index (χ1) is 6.46. The van der Waals surface area contributed by atoms with Gasteiger partial charge in [-0.25, -0.2) is 0 Å². The molecule has 0 aliphatic rings. The third-order valence-corrected chi connectivity index (χ3v) is 1.33. The van der Waals surface area contributed by atoms with Crippen molar-refractivity contribution in [2.24, 2.45) is 0 Å². The maximum absolute atomic E-state index is 11.9. The van der Waals surface area contributed by atoms with Crippen LogP contribution in [0.3, 0.4) is 0 Å². The molecule has 0 heterocycles. The summed E-state index contributed by atoms with van der Waals surface area (Å²) in [6, 6.07) is 0. The van der Waals surface area contributed by atoms with Crippen molar-refractivity contribution in [1.82, 2.24) is 0 Å². The monoisotopic (exact) mass is 234 g/mol. The highest BCUT2D eigenvalue weighted by atomic mass is 19.4. The first kappa shape index (κ1) is 13.9. The van der Waals surface area contributed by atoms with E-state index in [1.54, 1.807) is 0 Å². The number of hydrogen-bond donors (Lipinski definition) is 0. The van der Waals surface area contributed by atoms with E-state index in [2.05, 4.69) is 17.9 Å². The Morgan fingerprint density at radius 1 is 1.00 bits per heavy atom. The van der Waals surface area contributed by atoms with Gasteiger partial charge in [0.15, 0.2) is 0 Å². The zero-order valence-corrected chi connectivity index (χ0v) is 7.67. The lowest BCUT2D eigenvalue weighted by atomic mass is 10.3.